The Kier molecular flexibility index (Phi) is 4.44. The van der Waals surface area contributed by atoms with Crippen molar-refractivity contribution < 1.29 is 4.79 Å². The van der Waals surface area contributed by atoms with E-state index in [1.807, 2.05) is 52.3 Å². The first-order chi connectivity index (χ1) is 12.2. The molecule has 2 saturated heterocycles. The first kappa shape index (κ1) is 16.1. The van der Waals surface area contributed by atoms with Gasteiger partial charge in [-0.05, 0) is 38.4 Å². The smallest absolute Gasteiger partial charge is 0.317 e. The molecule has 1 N–H and O–H groups in total. The van der Waals surface area contributed by atoms with E-state index in [4.69, 9.17) is 0 Å². The van der Waals surface area contributed by atoms with Gasteiger partial charge in [0.15, 0.2) is 0 Å². The lowest BCUT2D eigenvalue weighted by molar-refractivity contribution is 0.188. The molecule has 2 aromatic rings. The molecule has 0 spiro atoms. The summed E-state index contributed by atoms with van der Waals surface area (Å²) in [4.78, 5) is 17.0. The number of urea groups is 1. The number of amides is 2. The van der Waals surface area contributed by atoms with Crippen LogP contribution >= 0.6 is 0 Å². The number of carbonyl (C=O) groups excluding carboxylic acids is 1. The number of fused-ring (bicyclic) bond motifs is 2. The molecule has 4 rings (SSSR count). The zero-order valence-electron chi connectivity index (χ0n) is 14.6. The third-order valence-electron chi connectivity index (χ3n) is 5.54. The van der Waals surface area contributed by atoms with Crippen molar-refractivity contribution in [1.82, 2.24) is 24.9 Å². The van der Waals surface area contributed by atoms with E-state index in [1.165, 1.54) is 12.8 Å². The molecule has 2 fully saturated rings. The molecule has 2 aliphatic rings. The molecule has 6 heteroatoms. The molecule has 1 aromatic carbocycles. The second kappa shape index (κ2) is 6.88. The fraction of sp³-hybridized carbons (Fsp3) is 0.474. The average Bonchev–Trinajstić information content (AvgIpc) is 3.18. The number of para-hydroxylation sites is 1. The summed E-state index contributed by atoms with van der Waals surface area (Å²) in [6, 6.07) is 11.2. The van der Waals surface area contributed by atoms with E-state index in [2.05, 4.69) is 22.4 Å². The van der Waals surface area contributed by atoms with E-state index >= 15 is 0 Å². The average molecular weight is 339 g/mol. The van der Waals surface area contributed by atoms with Crippen LogP contribution in [0.2, 0.25) is 0 Å². The van der Waals surface area contributed by atoms with Crippen LogP contribution in [-0.4, -0.2) is 57.8 Å². The maximum absolute atomic E-state index is 12.6. The van der Waals surface area contributed by atoms with Crippen molar-refractivity contribution in [1.29, 1.82) is 0 Å². The Morgan fingerprint density at radius 1 is 1.20 bits per heavy atom. The van der Waals surface area contributed by atoms with E-state index in [1.54, 1.807) is 0 Å². The normalized spacial score (nSPS) is 23.5. The van der Waals surface area contributed by atoms with Crippen molar-refractivity contribution in [3.8, 4) is 5.69 Å². The summed E-state index contributed by atoms with van der Waals surface area (Å²) in [6.45, 7) is 2.19. The number of hydrogen-bond donors (Lipinski definition) is 1. The highest BCUT2D eigenvalue weighted by Gasteiger charge is 2.35. The summed E-state index contributed by atoms with van der Waals surface area (Å²) in [6.07, 6.45) is 7.33. The number of benzene rings is 1. The molecule has 0 saturated carbocycles. The minimum absolute atomic E-state index is 0.0356. The summed E-state index contributed by atoms with van der Waals surface area (Å²) < 4.78 is 1.83. The first-order valence-corrected chi connectivity index (χ1v) is 9.04. The largest absolute Gasteiger partial charge is 0.334 e. The third-order valence-corrected chi connectivity index (χ3v) is 5.54. The molecular weight excluding hydrogens is 314 g/mol. The van der Waals surface area contributed by atoms with Crippen LogP contribution in [-0.2, 0) is 6.54 Å². The van der Waals surface area contributed by atoms with Crippen LogP contribution in [0.5, 0.6) is 0 Å². The predicted molar refractivity (Wildman–Crippen MR) is 96.6 cm³/mol. The van der Waals surface area contributed by atoms with Crippen molar-refractivity contribution in [2.24, 2.45) is 0 Å². The minimum Gasteiger partial charge on any atom is -0.334 e. The van der Waals surface area contributed by atoms with Gasteiger partial charge in [0.2, 0.25) is 0 Å². The summed E-state index contributed by atoms with van der Waals surface area (Å²) >= 11 is 0. The lowest BCUT2D eigenvalue weighted by atomic mass is 10.1. The molecule has 1 aromatic heterocycles. The molecule has 2 unspecified atom stereocenters. The van der Waals surface area contributed by atoms with Gasteiger partial charge in [-0.2, -0.15) is 5.10 Å². The van der Waals surface area contributed by atoms with Gasteiger partial charge in [-0.15, -0.1) is 0 Å². The Labute approximate surface area is 148 Å². The van der Waals surface area contributed by atoms with Crippen LogP contribution in [0.4, 0.5) is 4.79 Å². The lowest BCUT2D eigenvalue weighted by Gasteiger charge is -2.25. The number of aromatic nitrogens is 2. The molecule has 2 atom stereocenters. The topological polar surface area (TPSA) is 53.4 Å². The summed E-state index contributed by atoms with van der Waals surface area (Å²) in [7, 11) is 2.20. The SMILES string of the molecule is CN1C2CCC1CN(C(=O)NCc1cnn(-c3ccccc3)c1)CC2. The van der Waals surface area contributed by atoms with Gasteiger partial charge in [0.05, 0.1) is 11.9 Å². The Balaban J connectivity index is 1.34. The summed E-state index contributed by atoms with van der Waals surface area (Å²) in [5.41, 5.74) is 2.03. The van der Waals surface area contributed by atoms with Gasteiger partial charge in [-0.3, -0.25) is 4.90 Å². The second-order valence-electron chi connectivity index (χ2n) is 7.07. The number of nitrogens with zero attached hydrogens (tertiary/aromatic N) is 4. The fourth-order valence-corrected chi connectivity index (χ4v) is 3.96. The molecule has 132 valence electrons. The maximum atomic E-state index is 12.6. The van der Waals surface area contributed by atoms with Crippen molar-refractivity contribution in [2.45, 2.75) is 37.9 Å². The fourth-order valence-electron chi connectivity index (χ4n) is 3.96. The Hall–Kier alpha value is -2.34. The number of rotatable bonds is 3. The molecule has 2 amide bonds. The Morgan fingerprint density at radius 2 is 2.00 bits per heavy atom. The number of likely N-dealkylation sites (tertiary alicyclic amines) is 1. The lowest BCUT2D eigenvalue weighted by Crippen LogP contribution is -2.44. The quantitative estimate of drug-likeness (QED) is 0.933. The molecule has 25 heavy (non-hydrogen) atoms. The third kappa shape index (κ3) is 3.39. The van der Waals surface area contributed by atoms with Gasteiger partial charge in [0.1, 0.15) is 0 Å². The van der Waals surface area contributed by atoms with E-state index in [0.29, 0.717) is 18.6 Å². The van der Waals surface area contributed by atoms with Crippen LogP contribution < -0.4 is 5.32 Å². The highest BCUT2D eigenvalue weighted by molar-refractivity contribution is 5.74. The summed E-state index contributed by atoms with van der Waals surface area (Å²) in [5, 5.41) is 7.43. The van der Waals surface area contributed by atoms with Gasteiger partial charge >= 0.3 is 6.03 Å². The van der Waals surface area contributed by atoms with Crippen molar-refractivity contribution in [3.05, 3.63) is 48.3 Å². The molecule has 3 heterocycles. The van der Waals surface area contributed by atoms with E-state index in [-0.39, 0.29) is 6.03 Å². The molecule has 2 bridgehead atoms. The van der Waals surface area contributed by atoms with Gasteiger partial charge in [0.25, 0.3) is 0 Å². The maximum Gasteiger partial charge on any atom is 0.317 e. The number of hydrogen-bond acceptors (Lipinski definition) is 3. The molecular formula is C19H25N5O. The van der Waals surface area contributed by atoms with Crippen LogP contribution in [0.15, 0.2) is 42.7 Å². The van der Waals surface area contributed by atoms with Crippen molar-refractivity contribution in [3.63, 3.8) is 0 Å². The van der Waals surface area contributed by atoms with E-state index < -0.39 is 0 Å². The van der Waals surface area contributed by atoms with Gasteiger partial charge in [-0.1, -0.05) is 18.2 Å². The zero-order chi connectivity index (χ0) is 17.2. The monoisotopic (exact) mass is 339 g/mol. The molecule has 6 nitrogen and oxygen atoms in total. The van der Waals surface area contributed by atoms with Gasteiger partial charge in [-0.25, -0.2) is 9.48 Å². The highest BCUT2D eigenvalue weighted by atomic mass is 16.2. The second-order valence-corrected chi connectivity index (χ2v) is 7.07. The highest BCUT2D eigenvalue weighted by Crippen LogP contribution is 2.28. The molecule has 0 aliphatic carbocycles. The molecule has 2 aliphatic heterocycles. The Bertz CT molecular complexity index is 728. The Morgan fingerprint density at radius 3 is 2.84 bits per heavy atom. The minimum atomic E-state index is 0.0356. The van der Waals surface area contributed by atoms with Crippen LogP contribution in [0.3, 0.4) is 0 Å². The van der Waals surface area contributed by atoms with Crippen LogP contribution in [0.25, 0.3) is 5.69 Å². The number of nitrogens with one attached hydrogen (secondary N) is 1. The summed E-state index contributed by atoms with van der Waals surface area (Å²) in [5.74, 6) is 0. The van der Waals surface area contributed by atoms with E-state index in [0.717, 1.165) is 30.8 Å². The van der Waals surface area contributed by atoms with Crippen LogP contribution in [0.1, 0.15) is 24.8 Å². The number of carbonyl (C=O) groups is 1. The van der Waals surface area contributed by atoms with E-state index in [9.17, 15) is 4.79 Å². The standard InChI is InChI=1S/C19H25N5O/c1-22-16-7-8-18(22)14-23(10-9-16)19(25)20-11-15-12-21-24(13-15)17-5-3-2-4-6-17/h2-6,12-13,16,18H,7-11,14H2,1H3,(H,20,25). The van der Waals surface area contributed by atoms with Gasteiger partial charge < -0.3 is 10.2 Å². The number of likely N-dealkylation sites (N-methyl/N-ethyl adjacent to an activating group) is 1. The zero-order valence-corrected chi connectivity index (χ0v) is 14.6. The van der Waals surface area contributed by atoms with Crippen molar-refractivity contribution in [2.75, 3.05) is 20.1 Å². The van der Waals surface area contributed by atoms with Gasteiger partial charge in [0, 0.05) is 43.5 Å². The first-order valence-electron chi connectivity index (χ1n) is 9.04. The molecule has 0 radical (unpaired) electrons. The van der Waals surface area contributed by atoms with Crippen molar-refractivity contribution >= 4 is 6.03 Å². The van der Waals surface area contributed by atoms with Crippen LogP contribution in [0, 0.1) is 0 Å². The predicted octanol–water partition coefficient (Wildman–Crippen LogP) is 2.25.